The Kier molecular flexibility index (Phi) is 4.05. The van der Waals surface area contributed by atoms with E-state index in [-0.39, 0.29) is 22.9 Å². The average Bonchev–Trinajstić information content (AvgIpc) is 3.11. The molecule has 4 aliphatic carbocycles. The van der Waals surface area contributed by atoms with Gasteiger partial charge in [-0.15, -0.1) is 0 Å². The van der Waals surface area contributed by atoms with E-state index < -0.39 is 11.2 Å². The van der Waals surface area contributed by atoms with Crippen LogP contribution in [0, 0.1) is 11.3 Å². The zero-order chi connectivity index (χ0) is 21.8. The summed E-state index contributed by atoms with van der Waals surface area (Å²) in [6, 6.07) is 4.81. The van der Waals surface area contributed by atoms with Gasteiger partial charge in [0.05, 0.1) is 12.7 Å². The number of aliphatic hydroxyl groups is 1. The van der Waals surface area contributed by atoms with Gasteiger partial charge in [-0.3, -0.25) is 0 Å². The van der Waals surface area contributed by atoms with Gasteiger partial charge in [-0.2, -0.15) is 0 Å². The Morgan fingerprint density at radius 2 is 2.06 bits per heavy atom. The van der Waals surface area contributed by atoms with E-state index in [0.29, 0.717) is 6.04 Å². The molecule has 0 aromatic heterocycles. The summed E-state index contributed by atoms with van der Waals surface area (Å²) in [7, 11) is 5.90. The molecule has 3 saturated carbocycles. The van der Waals surface area contributed by atoms with Crippen LogP contribution in [0.25, 0.3) is 0 Å². The number of benzene rings is 1. The topological polar surface area (TPSA) is 51.2 Å². The Morgan fingerprint density at radius 1 is 1.26 bits per heavy atom. The van der Waals surface area contributed by atoms with Gasteiger partial charge in [0.1, 0.15) is 23.2 Å². The number of ether oxygens (including phenoxy) is 3. The number of likely N-dealkylation sites (N-methyl/N-ethyl adjacent to an activating group) is 1. The first-order valence-corrected chi connectivity index (χ1v) is 12.2. The van der Waals surface area contributed by atoms with Crippen molar-refractivity contribution >= 4 is 0 Å². The van der Waals surface area contributed by atoms with E-state index >= 15 is 0 Å². The largest absolute Gasteiger partial charge is 0.497 e. The van der Waals surface area contributed by atoms with Crippen LogP contribution in [-0.4, -0.2) is 61.2 Å². The number of fused-ring (bicyclic) bond motifs is 2. The first kappa shape index (κ1) is 20.3. The van der Waals surface area contributed by atoms with Gasteiger partial charge < -0.3 is 24.2 Å². The van der Waals surface area contributed by atoms with Gasteiger partial charge in [-0.05, 0) is 70.7 Å². The molecule has 170 valence electrons. The van der Waals surface area contributed by atoms with Crippen LogP contribution in [0.1, 0.15) is 63.5 Å². The van der Waals surface area contributed by atoms with Crippen molar-refractivity contribution in [1.82, 2.24) is 4.90 Å². The molecule has 31 heavy (non-hydrogen) atoms. The molecule has 0 radical (unpaired) electrons. The molecule has 4 bridgehead atoms. The molecule has 5 heteroatoms. The van der Waals surface area contributed by atoms with Crippen LogP contribution in [-0.2, 0) is 16.6 Å². The van der Waals surface area contributed by atoms with E-state index in [9.17, 15) is 5.11 Å². The van der Waals surface area contributed by atoms with Gasteiger partial charge in [0, 0.05) is 41.5 Å². The highest BCUT2D eigenvalue weighted by molar-refractivity contribution is 5.61. The number of rotatable bonds is 5. The molecular weight excluding hydrogens is 390 g/mol. The van der Waals surface area contributed by atoms with E-state index in [2.05, 4.69) is 31.0 Å². The van der Waals surface area contributed by atoms with Crippen molar-refractivity contribution in [1.29, 1.82) is 0 Å². The fraction of sp³-hybridized carbons (Fsp3) is 0.769. The van der Waals surface area contributed by atoms with Gasteiger partial charge in [0.25, 0.3) is 0 Å². The summed E-state index contributed by atoms with van der Waals surface area (Å²) in [5.41, 5.74) is 1.73. The minimum absolute atomic E-state index is 0.0214. The molecule has 7 atom stereocenters. The van der Waals surface area contributed by atoms with Crippen LogP contribution < -0.4 is 9.47 Å². The van der Waals surface area contributed by atoms with Crippen LogP contribution >= 0.6 is 0 Å². The molecule has 1 aromatic carbocycles. The summed E-state index contributed by atoms with van der Waals surface area (Å²) in [6.07, 6.45) is 7.00. The molecule has 1 N–H and O–H groups in total. The minimum atomic E-state index is -0.761. The van der Waals surface area contributed by atoms with Crippen molar-refractivity contribution in [2.24, 2.45) is 11.3 Å². The molecule has 0 amide bonds. The van der Waals surface area contributed by atoms with Crippen molar-refractivity contribution in [2.45, 2.75) is 87.6 Å². The highest BCUT2D eigenvalue weighted by atomic mass is 16.6. The van der Waals surface area contributed by atoms with Crippen molar-refractivity contribution < 1.29 is 19.3 Å². The summed E-state index contributed by atoms with van der Waals surface area (Å²) in [5, 5.41) is 11.8. The van der Waals surface area contributed by atoms with Crippen molar-refractivity contribution in [3.63, 3.8) is 0 Å². The van der Waals surface area contributed by atoms with Gasteiger partial charge >= 0.3 is 0 Å². The molecule has 7 rings (SSSR count). The average molecular weight is 428 g/mol. The number of methoxy groups -OCH3 is 2. The summed E-state index contributed by atoms with van der Waals surface area (Å²) < 4.78 is 19.1. The smallest absolute Gasteiger partial charge is 0.138 e. The summed E-state index contributed by atoms with van der Waals surface area (Å²) >= 11 is 0. The van der Waals surface area contributed by atoms with Crippen LogP contribution in [0.4, 0.5) is 0 Å². The maximum atomic E-state index is 11.8. The van der Waals surface area contributed by atoms with Gasteiger partial charge in [-0.1, -0.05) is 13.3 Å². The van der Waals surface area contributed by atoms with Crippen LogP contribution in [0.3, 0.4) is 0 Å². The van der Waals surface area contributed by atoms with Crippen LogP contribution in [0.2, 0.25) is 0 Å². The minimum Gasteiger partial charge on any atom is -0.497 e. The second kappa shape index (κ2) is 6.18. The second-order valence-corrected chi connectivity index (χ2v) is 11.3. The Labute approximate surface area is 186 Å². The predicted octanol–water partition coefficient (Wildman–Crippen LogP) is 3.69. The van der Waals surface area contributed by atoms with E-state index in [1.165, 1.54) is 11.1 Å². The summed E-state index contributed by atoms with van der Waals surface area (Å²) in [4.78, 5) is 2.60. The number of likely N-dealkylation sites (tertiary alicyclic amines) is 1. The van der Waals surface area contributed by atoms with Crippen molar-refractivity contribution in [3.05, 3.63) is 23.3 Å². The summed E-state index contributed by atoms with van der Waals surface area (Å²) in [5.74, 6) is 1.96. The SMILES string of the molecule is CCC[C@](C)(O)[C@H]1C[C@@]23CC[C@@]1(OC)[C@@H]1Oc4cc(OC)cc5c4[C@@]12CCN(C)[C@@H]3C5. The first-order chi connectivity index (χ1) is 14.8. The highest BCUT2D eigenvalue weighted by Crippen LogP contribution is 2.77. The lowest BCUT2D eigenvalue weighted by atomic mass is 9.33. The molecule has 2 heterocycles. The molecule has 1 aromatic rings. The standard InChI is InChI=1S/C26H37NO4/c1-6-7-23(2,28)19-15-24-8-9-26(19,30-5)22-25(24)10-11-27(3)20(24)13-16-12-17(29-4)14-18(31-22)21(16)25/h12,14,19-20,22,28H,6-11,13,15H2,1-5H3/t19-,20-,22-,23+,24-,25+,26+/m1/s1. The molecule has 2 spiro atoms. The Balaban J connectivity index is 1.62. The predicted molar refractivity (Wildman–Crippen MR) is 119 cm³/mol. The van der Waals surface area contributed by atoms with Gasteiger partial charge in [-0.25, -0.2) is 0 Å². The van der Waals surface area contributed by atoms with E-state index in [1.54, 1.807) is 7.11 Å². The van der Waals surface area contributed by atoms with Crippen molar-refractivity contribution in [3.8, 4) is 11.5 Å². The van der Waals surface area contributed by atoms with Gasteiger partial charge in [0.2, 0.25) is 0 Å². The monoisotopic (exact) mass is 427 g/mol. The normalized spacial score (nSPS) is 43.9. The third-order valence-electron chi connectivity index (χ3n) is 10.3. The molecule has 6 aliphatic rings. The lowest BCUT2D eigenvalue weighted by molar-refractivity contribution is -0.301. The molecule has 0 unspecified atom stereocenters. The fourth-order valence-corrected chi connectivity index (χ4v) is 9.23. The molecular formula is C26H37NO4. The maximum Gasteiger partial charge on any atom is 0.138 e. The van der Waals surface area contributed by atoms with Crippen molar-refractivity contribution in [2.75, 3.05) is 27.8 Å². The summed E-state index contributed by atoms with van der Waals surface area (Å²) in [6.45, 7) is 5.30. The van der Waals surface area contributed by atoms with Crippen LogP contribution in [0.5, 0.6) is 11.5 Å². The third kappa shape index (κ3) is 2.10. The molecule has 5 nitrogen and oxygen atoms in total. The number of hydrogen-bond acceptors (Lipinski definition) is 5. The fourth-order valence-electron chi connectivity index (χ4n) is 9.23. The third-order valence-corrected chi connectivity index (χ3v) is 10.3. The Bertz CT molecular complexity index is 930. The van der Waals surface area contributed by atoms with Gasteiger partial charge in [0.15, 0.2) is 0 Å². The lowest BCUT2D eigenvalue weighted by Gasteiger charge is -2.74. The Morgan fingerprint density at radius 3 is 2.77 bits per heavy atom. The molecule has 1 saturated heterocycles. The molecule has 2 aliphatic heterocycles. The number of nitrogens with zero attached hydrogens (tertiary/aromatic N) is 1. The lowest BCUT2D eigenvalue weighted by Crippen LogP contribution is -2.82. The Hall–Kier alpha value is -1.30. The quantitative estimate of drug-likeness (QED) is 0.777. The van der Waals surface area contributed by atoms with E-state index in [4.69, 9.17) is 14.2 Å². The van der Waals surface area contributed by atoms with Crippen LogP contribution in [0.15, 0.2) is 12.1 Å². The number of piperidine rings is 1. The zero-order valence-electron chi connectivity index (χ0n) is 19.7. The number of hydrogen-bond donors (Lipinski definition) is 1. The van der Waals surface area contributed by atoms with E-state index in [0.717, 1.165) is 63.0 Å². The first-order valence-electron chi connectivity index (χ1n) is 12.2. The molecule has 4 fully saturated rings. The maximum absolute atomic E-state index is 11.8. The van der Waals surface area contributed by atoms with E-state index in [1.807, 2.05) is 14.0 Å². The highest BCUT2D eigenvalue weighted by Gasteiger charge is 2.81. The zero-order valence-corrected chi connectivity index (χ0v) is 19.7. The second-order valence-electron chi connectivity index (χ2n) is 11.3.